The Hall–Kier alpha value is -2.25. The van der Waals surface area contributed by atoms with Crippen molar-refractivity contribution in [3.05, 3.63) is 35.6 Å². The summed E-state index contributed by atoms with van der Waals surface area (Å²) in [5.74, 6) is -0.179. The number of amides is 1. The van der Waals surface area contributed by atoms with Gasteiger partial charge in [-0.3, -0.25) is 4.79 Å². The van der Waals surface area contributed by atoms with Crippen molar-refractivity contribution in [1.29, 1.82) is 0 Å². The summed E-state index contributed by atoms with van der Waals surface area (Å²) in [6.07, 6.45) is 7.99. The smallest absolute Gasteiger partial charge is 0.256 e. The number of nitrogens with zero attached hydrogens (tertiary/aromatic N) is 1. The van der Waals surface area contributed by atoms with E-state index in [1.807, 2.05) is 0 Å². The van der Waals surface area contributed by atoms with Gasteiger partial charge < -0.3 is 21.7 Å². The average Bonchev–Trinajstić information content (AvgIpc) is 2.72. The molecule has 3 rings (SSSR count). The second-order valence-electron chi connectivity index (χ2n) is 8.31. The van der Waals surface area contributed by atoms with Gasteiger partial charge in [0.15, 0.2) is 0 Å². The Labute approximate surface area is 178 Å². The quantitative estimate of drug-likeness (QED) is 0.466. The molecule has 0 aliphatic heterocycles. The van der Waals surface area contributed by atoms with Crippen LogP contribution in [0.25, 0.3) is 10.9 Å². The van der Waals surface area contributed by atoms with Gasteiger partial charge in [-0.15, -0.1) is 0 Å². The molecule has 6 nitrogen and oxygen atoms in total. The van der Waals surface area contributed by atoms with Crippen LogP contribution in [0.15, 0.2) is 24.3 Å². The summed E-state index contributed by atoms with van der Waals surface area (Å²) in [5, 5.41) is 10.4. The molecule has 2 unspecified atom stereocenters. The number of benzene rings is 1. The molecule has 1 aliphatic rings. The molecular weight excluding hydrogens is 381 g/mol. The fourth-order valence-electron chi connectivity index (χ4n) is 4.11. The molecule has 1 fully saturated rings. The van der Waals surface area contributed by atoms with Gasteiger partial charge >= 0.3 is 0 Å². The number of carbonyl (C=O) groups excluding carboxylic acids is 1. The van der Waals surface area contributed by atoms with E-state index < -0.39 is 6.17 Å². The third kappa shape index (κ3) is 6.12. The van der Waals surface area contributed by atoms with Crippen LogP contribution in [0.2, 0.25) is 0 Å². The number of rotatable bonds is 9. The lowest BCUT2D eigenvalue weighted by Crippen LogP contribution is -2.40. The van der Waals surface area contributed by atoms with E-state index in [1.54, 1.807) is 19.1 Å². The lowest BCUT2D eigenvalue weighted by molar-refractivity contribution is 0.0942. The second-order valence-corrected chi connectivity index (χ2v) is 8.31. The van der Waals surface area contributed by atoms with Crippen LogP contribution < -0.4 is 21.7 Å². The Bertz CT molecular complexity index is 851. The van der Waals surface area contributed by atoms with Crippen LogP contribution in [0.1, 0.15) is 69.2 Å². The van der Waals surface area contributed by atoms with Gasteiger partial charge in [-0.05, 0) is 56.9 Å². The van der Waals surface area contributed by atoms with Gasteiger partial charge in [-0.25, -0.2) is 9.37 Å². The highest BCUT2D eigenvalue weighted by Gasteiger charge is 2.18. The highest BCUT2D eigenvalue weighted by Crippen LogP contribution is 2.22. The number of carbonyl (C=O) groups is 1. The third-order valence-electron chi connectivity index (χ3n) is 5.73. The average molecular weight is 416 g/mol. The van der Waals surface area contributed by atoms with Crippen LogP contribution in [0.5, 0.6) is 0 Å². The van der Waals surface area contributed by atoms with Crippen LogP contribution >= 0.6 is 0 Å². The van der Waals surface area contributed by atoms with Crippen molar-refractivity contribution in [2.75, 3.05) is 11.9 Å². The summed E-state index contributed by atoms with van der Waals surface area (Å²) in [6, 6.07) is 7.10. The number of fused-ring (bicyclic) bond motifs is 1. The first-order valence-corrected chi connectivity index (χ1v) is 11.1. The zero-order valence-electron chi connectivity index (χ0n) is 18.0. The Balaban J connectivity index is 1.71. The summed E-state index contributed by atoms with van der Waals surface area (Å²) in [5.41, 5.74) is 6.74. The van der Waals surface area contributed by atoms with Crippen LogP contribution in [-0.2, 0) is 0 Å². The van der Waals surface area contributed by atoms with Crippen molar-refractivity contribution >= 4 is 22.6 Å². The third-order valence-corrected chi connectivity index (χ3v) is 5.73. The molecule has 2 aromatic rings. The molecule has 1 amide bonds. The van der Waals surface area contributed by atoms with Crippen molar-refractivity contribution < 1.29 is 9.18 Å². The van der Waals surface area contributed by atoms with E-state index in [1.165, 1.54) is 44.2 Å². The van der Waals surface area contributed by atoms with E-state index in [2.05, 4.69) is 27.9 Å². The topological polar surface area (TPSA) is 92.1 Å². The Kier molecular flexibility index (Phi) is 7.99. The maximum absolute atomic E-state index is 13.6. The SMILES string of the molecule is CCC(CCNc1nc2ccc(F)cc2cc1C(=O)NC(C)N)NC1CCCCC1. The summed E-state index contributed by atoms with van der Waals surface area (Å²) in [6.45, 7) is 4.59. The molecule has 1 aromatic heterocycles. The highest BCUT2D eigenvalue weighted by atomic mass is 19.1. The molecule has 1 aliphatic carbocycles. The predicted octanol–water partition coefficient (Wildman–Crippen LogP) is 3.91. The predicted molar refractivity (Wildman–Crippen MR) is 120 cm³/mol. The maximum atomic E-state index is 13.6. The number of hydrogen-bond acceptors (Lipinski definition) is 5. The monoisotopic (exact) mass is 415 g/mol. The normalized spacial score (nSPS) is 16.9. The largest absolute Gasteiger partial charge is 0.369 e. The maximum Gasteiger partial charge on any atom is 0.256 e. The van der Waals surface area contributed by atoms with E-state index in [0.29, 0.717) is 40.9 Å². The van der Waals surface area contributed by atoms with E-state index in [0.717, 1.165) is 12.8 Å². The van der Waals surface area contributed by atoms with Gasteiger partial charge in [-0.2, -0.15) is 0 Å². The second kappa shape index (κ2) is 10.7. The van der Waals surface area contributed by atoms with E-state index >= 15 is 0 Å². The minimum Gasteiger partial charge on any atom is -0.369 e. The first-order chi connectivity index (χ1) is 14.5. The Morgan fingerprint density at radius 3 is 2.73 bits per heavy atom. The molecule has 0 spiro atoms. The number of anilines is 1. The van der Waals surface area contributed by atoms with E-state index in [9.17, 15) is 9.18 Å². The van der Waals surface area contributed by atoms with Crippen molar-refractivity contribution in [2.24, 2.45) is 5.73 Å². The first kappa shape index (κ1) is 22.4. The molecule has 0 radical (unpaired) electrons. The number of pyridine rings is 1. The molecule has 2 atom stereocenters. The van der Waals surface area contributed by atoms with Crippen LogP contribution in [-0.4, -0.2) is 35.7 Å². The summed E-state index contributed by atoms with van der Waals surface area (Å²) < 4.78 is 13.6. The molecule has 164 valence electrons. The molecule has 5 N–H and O–H groups in total. The van der Waals surface area contributed by atoms with Gasteiger partial charge in [0.2, 0.25) is 0 Å². The van der Waals surface area contributed by atoms with Crippen LogP contribution in [0, 0.1) is 5.82 Å². The van der Waals surface area contributed by atoms with Crippen LogP contribution in [0.4, 0.5) is 10.2 Å². The van der Waals surface area contributed by atoms with E-state index in [-0.39, 0.29) is 11.7 Å². The Morgan fingerprint density at radius 2 is 2.03 bits per heavy atom. The molecule has 30 heavy (non-hydrogen) atoms. The lowest BCUT2D eigenvalue weighted by atomic mass is 9.94. The molecular formula is C23H34FN5O. The van der Waals surface area contributed by atoms with Gasteiger partial charge in [0.05, 0.1) is 17.2 Å². The summed E-state index contributed by atoms with van der Waals surface area (Å²) >= 11 is 0. The molecule has 1 aromatic carbocycles. The number of nitrogens with one attached hydrogen (secondary N) is 3. The minimum atomic E-state index is -0.488. The molecule has 7 heteroatoms. The Morgan fingerprint density at radius 1 is 1.27 bits per heavy atom. The van der Waals surface area contributed by atoms with E-state index in [4.69, 9.17) is 5.73 Å². The summed E-state index contributed by atoms with van der Waals surface area (Å²) in [4.78, 5) is 17.2. The number of halogens is 1. The highest BCUT2D eigenvalue weighted by molar-refractivity contribution is 6.02. The zero-order valence-corrected chi connectivity index (χ0v) is 18.0. The number of aromatic nitrogens is 1. The van der Waals surface area contributed by atoms with Gasteiger partial charge in [0, 0.05) is 24.0 Å². The fourth-order valence-corrected chi connectivity index (χ4v) is 4.11. The van der Waals surface area contributed by atoms with Gasteiger partial charge in [0.25, 0.3) is 5.91 Å². The fraction of sp³-hybridized carbons (Fsp3) is 0.565. The lowest BCUT2D eigenvalue weighted by Gasteiger charge is -2.28. The number of nitrogens with two attached hydrogens (primary N) is 1. The molecule has 0 bridgehead atoms. The van der Waals surface area contributed by atoms with Gasteiger partial charge in [-0.1, -0.05) is 26.2 Å². The number of hydrogen-bond donors (Lipinski definition) is 4. The summed E-state index contributed by atoms with van der Waals surface area (Å²) in [7, 11) is 0. The molecule has 1 saturated carbocycles. The van der Waals surface area contributed by atoms with Crippen LogP contribution in [0.3, 0.4) is 0 Å². The van der Waals surface area contributed by atoms with Crippen molar-refractivity contribution in [3.63, 3.8) is 0 Å². The standard InChI is InChI=1S/C23H34FN5O/c1-3-18(28-19-7-5-4-6-8-19)11-12-26-22-20(23(30)27-15(2)25)14-16-13-17(24)9-10-21(16)29-22/h9-10,13-15,18-19,28H,3-8,11-12,25H2,1-2H3,(H,26,29)(H,27,30). The minimum absolute atomic E-state index is 0.321. The van der Waals surface area contributed by atoms with Gasteiger partial charge in [0.1, 0.15) is 11.6 Å². The van der Waals surface area contributed by atoms with Crippen molar-refractivity contribution in [3.8, 4) is 0 Å². The first-order valence-electron chi connectivity index (χ1n) is 11.1. The van der Waals surface area contributed by atoms with Crippen molar-refractivity contribution in [1.82, 2.24) is 15.6 Å². The molecule has 0 saturated heterocycles. The van der Waals surface area contributed by atoms with Crippen molar-refractivity contribution in [2.45, 2.75) is 77.0 Å². The zero-order chi connectivity index (χ0) is 21.5. The molecule has 1 heterocycles.